The van der Waals surface area contributed by atoms with Crippen molar-refractivity contribution in [3.05, 3.63) is 34.1 Å². The third kappa shape index (κ3) is 4.02. The highest BCUT2D eigenvalue weighted by molar-refractivity contribution is 9.10. The van der Waals surface area contributed by atoms with Gasteiger partial charge in [-0.3, -0.25) is 9.59 Å². The molecule has 1 rings (SSSR count). The molecule has 0 aliphatic carbocycles. The summed E-state index contributed by atoms with van der Waals surface area (Å²) in [7, 11) is 1.67. The van der Waals surface area contributed by atoms with Gasteiger partial charge < -0.3 is 10.2 Å². The molecule has 19 heavy (non-hydrogen) atoms. The van der Waals surface area contributed by atoms with E-state index in [1.807, 2.05) is 6.92 Å². The molecule has 0 bridgehead atoms. The molecule has 104 valence electrons. The topological polar surface area (TPSA) is 49.4 Å². The summed E-state index contributed by atoms with van der Waals surface area (Å²) in [6.45, 7) is 4.04. The highest BCUT2D eigenvalue weighted by atomic mass is 79.9. The molecule has 0 radical (unpaired) electrons. The smallest absolute Gasteiger partial charge is 0.251 e. The van der Waals surface area contributed by atoms with Crippen molar-refractivity contribution < 1.29 is 14.0 Å². The van der Waals surface area contributed by atoms with Gasteiger partial charge in [0.2, 0.25) is 5.91 Å². The van der Waals surface area contributed by atoms with E-state index in [4.69, 9.17) is 0 Å². The predicted octanol–water partition coefficient (Wildman–Crippen LogP) is 2.18. The lowest BCUT2D eigenvalue weighted by Gasteiger charge is -2.20. The van der Waals surface area contributed by atoms with Crippen LogP contribution in [0.5, 0.6) is 0 Å². The zero-order chi connectivity index (χ0) is 14.6. The summed E-state index contributed by atoms with van der Waals surface area (Å²) in [5.74, 6) is -1.02. The molecule has 0 saturated heterocycles. The molecule has 1 N–H and O–H groups in total. The largest absolute Gasteiger partial charge is 0.344 e. The first-order valence-electron chi connectivity index (χ1n) is 5.87. The van der Waals surface area contributed by atoms with Crippen LogP contribution in [0.4, 0.5) is 4.39 Å². The third-order valence-corrected chi connectivity index (χ3v) is 3.36. The van der Waals surface area contributed by atoms with Gasteiger partial charge in [0.15, 0.2) is 0 Å². The van der Waals surface area contributed by atoms with E-state index in [2.05, 4.69) is 21.2 Å². The molecule has 2 amide bonds. The zero-order valence-corrected chi connectivity index (χ0v) is 12.6. The monoisotopic (exact) mass is 330 g/mol. The maximum Gasteiger partial charge on any atom is 0.251 e. The Kier molecular flexibility index (Phi) is 5.47. The second kappa shape index (κ2) is 6.65. The quantitative estimate of drug-likeness (QED) is 0.919. The fourth-order valence-electron chi connectivity index (χ4n) is 1.47. The summed E-state index contributed by atoms with van der Waals surface area (Å²) >= 11 is 3.01. The van der Waals surface area contributed by atoms with Gasteiger partial charge >= 0.3 is 0 Å². The van der Waals surface area contributed by atoms with Gasteiger partial charge in [-0.05, 0) is 48.0 Å². The summed E-state index contributed by atoms with van der Waals surface area (Å²) in [5, 5.41) is 2.58. The van der Waals surface area contributed by atoms with E-state index in [9.17, 15) is 14.0 Å². The molecule has 1 aromatic carbocycles. The van der Waals surface area contributed by atoms with Gasteiger partial charge in [0.05, 0.1) is 4.47 Å². The van der Waals surface area contributed by atoms with Crippen LogP contribution in [-0.4, -0.2) is 36.3 Å². The summed E-state index contributed by atoms with van der Waals surface area (Å²) in [5.41, 5.74) is 0.298. The van der Waals surface area contributed by atoms with Crippen molar-refractivity contribution in [2.75, 3.05) is 13.6 Å². The fraction of sp³-hybridized carbons (Fsp3) is 0.385. The average molecular weight is 331 g/mol. The molecule has 0 aliphatic heterocycles. The molecule has 0 fully saturated rings. The Hall–Kier alpha value is -1.43. The number of hydrogen-bond donors (Lipinski definition) is 1. The van der Waals surface area contributed by atoms with Crippen LogP contribution in [0, 0.1) is 5.82 Å². The van der Waals surface area contributed by atoms with E-state index in [0.29, 0.717) is 12.1 Å². The molecular weight excluding hydrogens is 315 g/mol. The first-order valence-corrected chi connectivity index (χ1v) is 6.67. The van der Waals surface area contributed by atoms with Crippen LogP contribution in [0.25, 0.3) is 0 Å². The number of carbonyl (C=O) groups is 2. The van der Waals surface area contributed by atoms with Gasteiger partial charge in [0.25, 0.3) is 5.91 Å². The van der Waals surface area contributed by atoms with Gasteiger partial charge in [-0.2, -0.15) is 0 Å². The Bertz CT molecular complexity index is 494. The zero-order valence-electron chi connectivity index (χ0n) is 11.0. The fourth-order valence-corrected chi connectivity index (χ4v) is 1.84. The molecule has 1 unspecified atom stereocenters. The van der Waals surface area contributed by atoms with Gasteiger partial charge in [-0.15, -0.1) is 0 Å². The number of amides is 2. The number of halogens is 2. The van der Waals surface area contributed by atoms with E-state index < -0.39 is 17.8 Å². The SMILES string of the molecule is CCN(C)C(=O)C(C)NC(=O)c1ccc(F)c(Br)c1. The summed E-state index contributed by atoms with van der Waals surface area (Å²) < 4.78 is 13.3. The second-order valence-electron chi connectivity index (χ2n) is 4.18. The lowest BCUT2D eigenvalue weighted by Crippen LogP contribution is -2.45. The summed E-state index contributed by atoms with van der Waals surface area (Å²) in [6.07, 6.45) is 0. The van der Waals surface area contributed by atoms with Crippen molar-refractivity contribution in [2.24, 2.45) is 0 Å². The Morgan fingerprint density at radius 2 is 2.11 bits per heavy atom. The maximum absolute atomic E-state index is 13.1. The number of carbonyl (C=O) groups excluding carboxylic acids is 2. The van der Waals surface area contributed by atoms with E-state index in [1.165, 1.54) is 23.1 Å². The Morgan fingerprint density at radius 3 is 2.63 bits per heavy atom. The molecule has 4 nitrogen and oxygen atoms in total. The molecule has 0 saturated carbocycles. The number of nitrogens with one attached hydrogen (secondary N) is 1. The van der Waals surface area contributed by atoms with E-state index in [1.54, 1.807) is 14.0 Å². The van der Waals surface area contributed by atoms with Crippen molar-refractivity contribution in [1.29, 1.82) is 0 Å². The summed E-state index contributed by atoms with van der Waals surface area (Å²) in [6, 6.07) is 3.33. The number of rotatable bonds is 4. The highest BCUT2D eigenvalue weighted by Gasteiger charge is 2.19. The Labute approximate surface area is 120 Å². The summed E-state index contributed by atoms with van der Waals surface area (Å²) in [4.78, 5) is 25.2. The molecular formula is C13H16BrFN2O2. The minimum atomic E-state index is -0.624. The highest BCUT2D eigenvalue weighted by Crippen LogP contribution is 2.16. The second-order valence-corrected chi connectivity index (χ2v) is 5.03. The first kappa shape index (κ1) is 15.6. The molecule has 0 spiro atoms. The van der Waals surface area contributed by atoms with Crippen LogP contribution in [0.2, 0.25) is 0 Å². The molecule has 1 aromatic rings. The first-order chi connectivity index (χ1) is 8.86. The minimum Gasteiger partial charge on any atom is -0.344 e. The molecule has 6 heteroatoms. The molecule has 0 heterocycles. The minimum absolute atomic E-state index is 0.169. The number of hydrogen-bond acceptors (Lipinski definition) is 2. The number of nitrogens with zero attached hydrogens (tertiary/aromatic N) is 1. The number of benzene rings is 1. The standard InChI is InChI=1S/C13H16BrFN2O2/c1-4-17(3)13(19)8(2)16-12(18)9-5-6-11(15)10(14)7-9/h5-8H,4H2,1-3H3,(H,16,18). The van der Waals surface area contributed by atoms with Gasteiger partial charge in [-0.1, -0.05) is 0 Å². The maximum atomic E-state index is 13.1. The van der Waals surface area contributed by atoms with Crippen LogP contribution in [-0.2, 0) is 4.79 Å². The molecule has 1 atom stereocenters. The van der Waals surface area contributed by atoms with Crippen molar-refractivity contribution in [2.45, 2.75) is 19.9 Å². The van der Waals surface area contributed by atoms with Gasteiger partial charge in [-0.25, -0.2) is 4.39 Å². The van der Waals surface area contributed by atoms with E-state index in [-0.39, 0.29) is 10.4 Å². The Balaban J connectivity index is 2.74. The predicted molar refractivity (Wildman–Crippen MR) is 74.3 cm³/mol. The van der Waals surface area contributed by atoms with Gasteiger partial charge in [0.1, 0.15) is 11.9 Å². The molecule has 0 aromatic heterocycles. The van der Waals surface area contributed by atoms with E-state index >= 15 is 0 Å². The van der Waals surface area contributed by atoms with Crippen molar-refractivity contribution >= 4 is 27.7 Å². The average Bonchev–Trinajstić information content (AvgIpc) is 2.39. The van der Waals surface area contributed by atoms with Gasteiger partial charge in [0, 0.05) is 19.2 Å². The van der Waals surface area contributed by atoms with Crippen LogP contribution in [0.3, 0.4) is 0 Å². The number of likely N-dealkylation sites (N-methyl/N-ethyl adjacent to an activating group) is 1. The van der Waals surface area contributed by atoms with Crippen LogP contribution in [0.1, 0.15) is 24.2 Å². The van der Waals surface area contributed by atoms with Crippen LogP contribution >= 0.6 is 15.9 Å². The third-order valence-electron chi connectivity index (χ3n) is 2.75. The van der Waals surface area contributed by atoms with Crippen molar-refractivity contribution in [1.82, 2.24) is 10.2 Å². The lowest BCUT2D eigenvalue weighted by molar-refractivity contribution is -0.131. The van der Waals surface area contributed by atoms with Crippen LogP contribution in [0.15, 0.2) is 22.7 Å². The normalized spacial score (nSPS) is 11.8. The Morgan fingerprint density at radius 1 is 1.47 bits per heavy atom. The van der Waals surface area contributed by atoms with Crippen molar-refractivity contribution in [3.63, 3.8) is 0 Å². The van der Waals surface area contributed by atoms with Crippen LogP contribution < -0.4 is 5.32 Å². The lowest BCUT2D eigenvalue weighted by atomic mass is 10.2. The van der Waals surface area contributed by atoms with Crippen molar-refractivity contribution in [3.8, 4) is 0 Å². The molecule has 0 aliphatic rings. The van der Waals surface area contributed by atoms with E-state index in [0.717, 1.165) is 0 Å².